The second kappa shape index (κ2) is 10.4. The van der Waals surface area contributed by atoms with Crippen molar-refractivity contribution >= 4 is 27.9 Å². The minimum atomic E-state index is -3.80. The zero-order valence-corrected chi connectivity index (χ0v) is 16.0. The molecule has 0 aromatic heterocycles. The van der Waals surface area contributed by atoms with Crippen molar-refractivity contribution in [3.63, 3.8) is 0 Å². The van der Waals surface area contributed by atoms with E-state index in [2.05, 4.69) is 16.6 Å². The fourth-order valence-electron chi connectivity index (χ4n) is 1.78. The number of hydrogen-bond donors (Lipinski definition) is 3. The van der Waals surface area contributed by atoms with E-state index in [1.807, 2.05) is 12.2 Å². The molecule has 0 unspecified atom stereocenters. The van der Waals surface area contributed by atoms with Crippen LogP contribution in [0.3, 0.4) is 0 Å². The molecule has 9 nitrogen and oxygen atoms in total. The Morgan fingerprint density at radius 2 is 2.00 bits per heavy atom. The van der Waals surface area contributed by atoms with Crippen molar-refractivity contribution in [1.82, 2.24) is 15.4 Å². The predicted molar refractivity (Wildman–Crippen MR) is 98.5 cm³/mol. The van der Waals surface area contributed by atoms with Gasteiger partial charge in [0.1, 0.15) is 0 Å². The van der Waals surface area contributed by atoms with Crippen LogP contribution in [0, 0.1) is 0 Å². The lowest BCUT2D eigenvalue weighted by Crippen LogP contribution is -2.44. The minimum absolute atomic E-state index is 0.0376. The molecule has 0 spiro atoms. The Balaban J connectivity index is 2.65. The van der Waals surface area contributed by atoms with E-state index in [9.17, 15) is 22.8 Å². The van der Waals surface area contributed by atoms with E-state index in [1.165, 1.54) is 24.3 Å². The molecule has 148 valence electrons. The monoisotopic (exact) mass is 397 g/mol. The lowest BCUT2D eigenvalue weighted by molar-refractivity contribution is -0.123. The lowest BCUT2D eigenvalue weighted by atomic mass is 10.2. The van der Waals surface area contributed by atoms with Gasteiger partial charge in [0.25, 0.3) is 5.91 Å². The number of carbonyl (C=O) groups is 3. The Morgan fingerprint density at radius 1 is 1.30 bits per heavy atom. The zero-order valence-electron chi connectivity index (χ0n) is 15.2. The molecule has 0 fully saturated rings. The molecule has 1 aromatic carbocycles. The quantitative estimate of drug-likeness (QED) is 0.420. The number of carbonyl (C=O) groups excluding carboxylic acids is 3. The van der Waals surface area contributed by atoms with Crippen LogP contribution < -0.4 is 15.4 Å². The summed E-state index contributed by atoms with van der Waals surface area (Å²) in [5.41, 5.74) is -0.0478. The Hall–Kier alpha value is -2.72. The van der Waals surface area contributed by atoms with E-state index in [0.29, 0.717) is 6.42 Å². The molecule has 0 saturated carbocycles. The van der Waals surface area contributed by atoms with Gasteiger partial charge in [0, 0.05) is 12.6 Å². The molecular formula is C17H23N3O6S. The van der Waals surface area contributed by atoms with E-state index in [-0.39, 0.29) is 23.0 Å². The number of rotatable bonds is 9. The first-order chi connectivity index (χ1) is 12.7. The minimum Gasteiger partial charge on any atom is -0.452 e. The summed E-state index contributed by atoms with van der Waals surface area (Å²) in [7, 11) is -3.80. The van der Waals surface area contributed by atoms with E-state index < -0.39 is 34.5 Å². The van der Waals surface area contributed by atoms with Crippen molar-refractivity contribution in [2.75, 3.05) is 13.2 Å². The van der Waals surface area contributed by atoms with Gasteiger partial charge < -0.3 is 10.1 Å². The highest BCUT2D eigenvalue weighted by atomic mass is 32.2. The normalized spacial score (nSPS) is 11.9. The molecule has 0 aliphatic heterocycles. The average Bonchev–Trinajstić information content (AvgIpc) is 2.64. The van der Waals surface area contributed by atoms with Gasteiger partial charge >= 0.3 is 12.0 Å². The molecule has 1 rings (SSSR count). The smallest absolute Gasteiger partial charge is 0.338 e. The predicted octanol–water partition coefficient (Wildman–Crippen LogP) is 0.932. The number of amides is 3. The first kappa shape index (κ1) is 22.3. The fraction of sp³-hybridized carbons (Fsp3) is 0.353. The van der Waals surface area contributed by atoms with Crippen LogP contribution in [-0.2, 0) is 19.6 Å². The van der Waals surface area contributed by atoms with Crippen LogP contribution in [0.25, 0.3) is 0 Å². The van der Waals surface area contributed by atoms with Gasteiger partial charge in [-0.15, -0.1) is 6.58 Å². The van der Waals surface area contributed by atoms with E-state index in [4.69, 9.17) is 4.74 Å². The first-order valence-electron chi connectivity index (χ1n) is 8.17. The van der Waals surface area contributed by atoms with Gasteiger partial charge in [0.05, 0.1) is 10.5 Å². The van der Waals surface area contributed by atoms with Crippen LogP contribution in [0.1, 0.15) is 30.6 Å². The summed E-state index contributed by atoms with van der Waals surface area (Å²) in [6.45, 7) is 6.42. The van der Waals surface area contributed by atoms with Gasteiger partial charge in [0.2, 0.25) is 10.0 Å². The molecule has 0 aliphatic rings. The molecular weight excluding hydrogens is 374 g/mol. The van der Waals surface area contributed by atoms with Gasteiger partial charge in [-0.1, -0.05) is 19.1 Å². The fourth-order valence-corrected chi connectivity index (χ4v) is 2.83. The van der Waals surface area contributed by atoms with Crippen molar-refractivity contribution in [3.8, 4) is 0 Å². The summed E-state index contributed by atoms with van der Waals surface area (Å²) in [6.07, 6.45) is 2.07. The van der Waals surface area contributed by atoms with Crippen molar-refractivity contribution in [3.05, 3.63) is 42.5 Å². The van der Waals surface area contributed by atoms with E-state index >= 15 is 0 Å². The number of esters is 1. The van der Waals surface area contributed by atoms with Crippen molar-refractivity contribution in [2.24, 2.45) is 0 Å². The maximum Gasteiger partial charge on any atom is 0.338 e. The molecule has 3 amide bonds. The molecule has 1 aromatic rings. The van der Waals surface area contributed by atoms with Crippen LogP contribution >= 0.6 is 0 Å². The first-order valence-corrected chi connectivity index (χ1v) is 9.66. The van der Waals surface area contributed by atoms with Crippen LogP contribution in [0.2, 0.25) is 0 Å². The average molecular weight is 397 g/mol. The summed E-state index contributed by atoms with van der Waals surface area (Å²) in [5.74, 6) is -1.70. The molecule has 0 radical (unpaired) electrons. The highest BCUT2D eigenvalue weighted by Crippen LogP contribution is 2.12. The number of ether oxygens (including phenoxy) is 1. The Kier molecular flexibility index (Phi) is 8.63. The molecule has 10 heteroatoms. The summed E-state index contributed by atoms with van der Waals surface area (Å²) in [4.78, 5) is 35.0. The van der Waals surface area contributed by atoms with Crippen molar-refractivity contribution < 1.29 is 27.5 Å². The molecule has 3 N–H and O–H groups in total. The number of nitrogens with one attached hydrogen (secondary N) is 3. The summed E-state index contributed by atoms with van der Waals surface area (Å²) < 4.78 is 31.2. The third-order valence-corrected chi connectivity index (χ3v) is 4.80. The Morgan fingerprint density at radius 3 is 2.63 bits per heavy atom. The maximum absolute atomic E-state index is 12.0. The van der Waals surface area contributed by atoms with Gasteiger partial charge in [-0.3, -0.25) is 10.1 Å². The van der Waals surface area contributed by atoms with Gasteiger partial charge in [-0.2, -0.15) is 0 Å². The van der Waals surface area contributed by atoms with Crippen LogP contribution in [0.15, 0.2) is 41.8 Å². The maximum atomic E-state index is 12.0. The number of hydrogen-bond acceptors (Lipinski definition) is 6. The Bertz CT molecular complexity index is 807. The summed E-state index contributed by atoms with van der Waals surface area (Å²) in [5, 5.41) is 4.56. The Labute approximate surface area is 158 Å². The van der Waals surface area contributed by atoms with E-state index in [0.717, 1.165) is 6.07 Å². The standard InChI is InChI=1S/C17H23N3O6S/c1-4-9-18-27(24,25)14-8-6-7-13(10-14)16(22)26-11-15(21)20-17(23)19-12(3)5-2/h4,6-8,10,12,18H,1,5,9,11H2,2-3H3,(H2,19,20,21,23)/t12-/m0/s1. The summed E-state index contributed by atoms with van der Waals surface area (Å²) >= 11 is 0. The van der Waals surface area contributed by atoms with Crippen LogP contribution in [0.4, 0.5) is 4.79 Å². The van der Waals surface area contributed by atoms with Gasteiger partial charge in [0.15, 0.2) is 6.61 Å². The third-order valence-electron chi connectivity index (χ3n) is 3.37. The van der Waals surface area contributed by atoms with Crippen molar-refractivity contribution in [1.29, 1.82) is 0 Å². The molecule has 0 saturated heterocycles. The number of imide groups is 1. The highest BCUT2D eigenvalue weighted by molar-refractivity contribution is 7.89. The number of benzene rings is 1. The van der Waals surface area contributed by atoms with Crippen LogP contribution in [0.5, 0.6) is 0 Å². The number of sulfonamides is 1. The number of urea groups is 1. The largest absolute Gasteiger partial charge is 0.452 e. The molecule has 0 heterocycles. The SMILES string of the molecule is C=CCNS(=O)(=O)c1cccc(C(=O)OCC(=O)NC(=O)N[C@@H](C)CC)c1. The molecule has 27 heavy (non-hydrogen) atoms. The van der Waals surface area contributed by atoms with E-state index in [1.54, 1.807) is 6.92 Å². The molecule has 1 atom stereocenters. The van der Waals surface area contributed by atoms with Gasteiger partial charge in [-0.05, 0) is 31.5 Å². The van der Waals surface area contributed by atoms with Gasteiger partial charge in [-0.25, -0.2) is 22.7 Å². The topological polar surface area (TPSA) is 131 Å². The second-order valence-electron chi connectivity index (χ2n) is 5.58. The molecule has 0 aliphatic carbocycles. The summed E-state index contributed by atoms with van der Waals surface area (Å²) in [6, 6.07) is 4.36. The second-order valence-corrected chi connectivity index (χ2v) is 7.34. The van der Waals surface area contributed by atoms with Crippen molar-refractivity contribution in [2.45, 2.75) is 31.2 Å². The zero-order chi connectivity index (χ0) is 20.4. The molecule has 0 bridgehead atoms. The lowest BCUT2D eigenvalue weighted by Gasteiger charge is -2.12. The van der Waals surface area contributed by atoms with Crippen LogP contribution in [-0.4, -0.2) is 45.5 Å². The highest BCUT2D eigenvalue weighted by Gasteiger charge is 2.17. The third kappa shape index (κ3) is 7.59.